The molecule has 1 fully saturated rings. The monoisotopic (exact) mass is 396 g/mol. The Hall–Kier alpha value is -0.620. The molecular weight excluding hydrogens is 373 g/mol. The summed E-state index contributed by atoms with van der Waals surface area (Å²) >= 11 is 0. The molecule has 0 aromatic heterocycles. The predicted molar refractivity (Wildman–Crippen MR) is 86.6 cm³/mol. The summed E-state index contributed by atoms with van der Waals surface area (Å²) in [6, 6.07) is -1.78. The van der Waals surface area contributed by atoms with Gasteiger partial charge in [0.05, 0.1) is 12.3 Å². The highest BCUT2D eigenvalue weighted by molar-refractivity contribution is 7.89. The molecule has 2 N–H and O–H groups in total. The molecule has 1 aliphatic heterocycles. The number of amides is 1. The highest BCUT2D eigenvalue weighted by atomic mass is 35.5. The van der Waals surface area contributed by atoms with Crippen LogP contribution in [0.2, 0.25) is 0 Å². The molecule has 1 rings (SSSR count). The highest BCUT2D eigenvalue weighted by Gasteiger charge is 2.43. The van der Waals surface area contributed by atoms with E-state index in [1.165, 1.54) is 18.9 Å². The van der Waals surface area contributed by atoms with Crippen molar-refractivity contribution in [1.29, 1.82) is 0 Å². The molecular formula is C12H24ClF3N4O3S. The summed E-state index contributed by atoms with van der Waals surface area (Å²) < 4.78 is 63.3. The van der Waals surface area contributed by atoms with E-state index in [2.05, 4.69) is 10.6 Å². The van der Waals surface area contributed by atoms with Crippen LogP contribution in [0.1, 0.15) is 6.92 Å². The summed E-state index contributed by atoms with van der Waals surface area (Å²) in [6.07, 6.45) is -4.47. The van der Waals surface area contributed by atoms with Crippen LogP contribution in [-0.2, 0) is 14.8 Å². The van der Waals surface area contributed by atoms with E-state index in [0.717, 1.165) is 4.31 Å². The van der Waals surface area contributed by atoms with Crippen LogP contribution < -0.4 is 10.6 Å². The number of carbonyl (C=O) groups is 1. The standard InChI is InChI=1S/C12H23F3N4O3S.ClH/c1-3-23(21,22)18(2)9-11(20)17-8-10(12(13,14)15)19-6-4-16-5-7-19;/h10,16H,3-9H2,1-2H3,(H,17,20);1H. The molecule has 1 heterocycles. The molecule has 0 aromatic carbocycles. The Morgan fingerprint density at radius 3 is 2.33 bits per heavy atom. The number of carbonyl (C=O) groups excluding carboxylic acids is 1. The van der Waals surface area contributed by atoms with Gasteiger partial charge in [-0.15, -0.1) is 12.4 Å². The van der Waals surface area contributed by atoms with Gasteiger partial charge in [0.25, 0.3) is 0 Å². The lowest BCUT2D eigenvalue weighted by atomic mass is 10.2. The summed E-state index contributed by atoms with van der Waals surface area (Å²) in [5.74, 6) is -0.933. The Kier molecular flexibility index (Phi) is 9.51. The fourth-order valence-corrected chi connectivity index (χ4v) is 2.99. The maximum Gasteiger partial charge on any atom is 0.405 e. The van der Waals surface area contributed by atoms with Crippen molar-refractivity contribution in [3.8, 4) is 0 Å². The Morgan fingerprint density at radius 1 is 1.33 bits per heavy atom. The molecule has 7 nitrogen and oxygen atoms in total. The summed E-state index contributed by atoms with van der Waals surface area (Å²) in [6.45, 7) is 1.73. The molecule has 0 radical (unpaired) electrons. The zero-order valence-corrected chi connectivity index (χ0v) is 15.2. The van der Waals surface area contributed by atoms with Crippen LogP contribution in [0.5, 0.6) is 0 Å². The van der Waals surface area contributed by atoms with Crippen molar-refractivity contribution in [2.24, 2.45) is 0 Å². The molecule has 0 aromatic rings. The average Bonchev–Trinajstić information content (AvgIpc) is 2.47. The maximum atomic E-state index is 13.1. The molecule has 1 aliphatic rings. The number of nitrogens with one attached hydrogen (secondary N) is 2. The van der Waals surface area contributed by atoms with Crippen molar-refractivity contribution in [1.82, 2.24) is 19.8 Å². The molecule has 144 valence electrons. The van der Waals surface area contributed by atoms with Gasteiger partial charge in [0.15, 0.2) is 0 Å². The molecule has 1 atom stereocenters. The van der Waals surface area contributed by atoms with Gasteiger partial charge >= 0.3 is 6.18 Å². The van der Waals surface area contributed by atoms with Crippen LogP contribution in [0.3, 0.4) is 0 Å². The quantitative estimate of drug-likeness (QED) is 0.614. The van der Waals surface area contributed by atoms with E-state index in [1.54, 1.807) is 0 Å². The third kappa shape index (κ3) is 7.09. The van der Waals surface area contributed by atoms with Crippen LogP contribution in [0, 0.1) is 0 Å². The molecule has 1 amide bonds. The third-order valence-corrected chi connectivity index (χ3v) is 5.48. The van der Waals surface area contributed by atoms with Crippen molar-refractivity contribution in [3.05, 3.63) is 0 Å². The molecule has 1 unspecified atom stereocenters. The van der Waals surface area contributed by atoms with Crippen molar-refractivity contribution in [2.45, 2.75) is 19.1 Å². The van der Waals surface area contributed by atoms with Crippen molar-refractivity contribution < 1.29 is 26.4 Å². The van der Waals surface area contributed by atoms with E-state index in [9.17, 15) is 26.4 Å². The summed E-state index contributed by atoms with van der Waals surface area (Å²) in [4.78, 5) is 13.0. The SMILES string of the molecule is CCS(=O)(=O)N(C)CC(=O)NCC(N1CCNCC1)C(F)(F)F.Cl. The Bertz CT molecular complexity index is 498. The zero-order chi connectivity index (χ0) is 17.7. The second kappa shape index (κ2) is 9.76. The molecule has 12 heteroatoms. The van der Waals surface area contributed by atoms with Gasteiger partial charge in [-0.25, -0.2) is 8.42 Å². The summed E-state index contributed by atoms with van der Waals surface area (Å²) in [5, 5.41) is 5.15. The first kappa shape index (κ1) is 23.4. The predicted octanol–water partition coefficient (Wildman–Crippen LogP) is -0.358. The third-order valence-electron chi connectivity index (χ3n) is 3.67. The smallest absolute Gasteiger partial charge is 0.353 e. The minimum atomic E-state index is -4.47. The first-order chi connectivity index (χ1) is 10.6. The molecule has 24 heavy (non-hydrogen) atoms. The van der Waals surface area contributed by atoms with Crippen molar-refractivity contribution >= 4 is 28.3 Å². The second-order valence-electron chi connectivity index (χ2n) is 5.30. The van der Waals surface area contributed by atoms with Crippen LogP contribution >= 0.6 is 12.4 Å². The van der Waals surface area contributed by atoms with Gasteiger partial charge < -0.3 is 10.6 Å². The van der Waals surface area contributed by atoms with Crippen molar-refractivity contribution in [3.63, 3.8) is 0 Å². The highest BCUT2D eigenvalue weighted by Crippen LogP contribution is 2.24. The lowest BCUT2D eigenvalue weighted by molar-refractivity contribution is -0.184. The van der Waals surface area contributed by atoms with Crippen LogP contribution in [0.4, 0.5) is 13.2 Å². The Morgan fingerprint density at radius 2 is 1.88 bits per heavy atom. The van der Waals surface area contributed by atoms with Gasteiger partial charge in [-0.05, 0) is 6.92 Å². The zero-order valence-electron chi connectivity index (χ0n) is 13.6. The number of alkyl halides is 3. The van der Waals surface area contributed by atoms with E-state index >= 15 is 0 Å². The van der Waals surface area contributed by atoms with E-state index in [1.807, 2.05) is 0 Å². The summed E-state index contributed by atoms with van der Waals surface area (Å²) in [5.41, 5.74) is 0. The second-order valence-corrected chi connectivity index (χ2v) is 7.67. The minimum absolute atomic E-state index is 0. The number of nitrogens with zero attached hydrogens (tertiary/aromatic N) is 2. The first-order valence-electron chi connectivity index (χ1n) is 7.30. The molecule has 0 spiro atoms. The molecule has 0 saturated carbocycles. The lowest BCUT2D eigenvalue weighted by Crippen LogP contribution is -2.58. The van der Waals surface area contributed by atoms with Gasteiger partial charge in [-0.2, -0.15) is 17.5 Å². The number of hydrogen-bond donors (Lipinski definition) is 2. The first-order valence-corrected chi connectivity index (χ1v) is 8.91. The van der Waals surface area contributed by atoms with Gasteiger partial charge in [0.1, 0.15) is 6.04 Å². The Balaban J connectivity index is 0.00000529. The van der Waals surface area contributed by atoms with Gasteiger partial charge in [-0.1, -0.05) is 0 Å². The van der Waals surface area contributed by atoms with E-state index in [0.29, 0.717) is 13.1 Å². The van der Waals surface area contributed by atoms with Gasteiger partial charge in [-0.3, -0.25) is 9.69 Å². The largest absolute Gasteiger partial charge is 0.405 e. The fraction of sp³-hybridized carbons (Fsp3) is 0.917. The number of hydrogen-bond acceptors (Lipinski definition) is 5. The topological polar surface area (TPSA) is 81.8 Å². The molecule has 1 saturated heterocycles. The van der Waals surface area contributed by atoms with E-state index < -0.39 is 41.2 Å². The average molecular weight is 397 g/mol. The van der Waals surface area contributed by atoms with E-state index in [4.69, 9.17) is 0 Å². The number of piperazine rings is 1. The minimum Gasteiger partial charge on any atom is -0.353 e. The van der Waals surface area contributed by atoms with Crippen molar-refractivity contribution in [2.75, 3.05) is 52.1 Å². The number of halogens is 4. The maximum absolute atomic E-state index is 13.1. The number of sulfonamides is 1. The van der Waals surface area contributed by atoms with Crippen LogP contribution in [0.25, 0.3) is 0 Å². The molecule has 0 aliphatic carbocycles. The van der Waals surface area contributed by atoms with E-state index in [-0.39, 0.29) is 31.2 Å². The van der Waals surface area contributed by atoms with Gasteiger partial charge in [0.2, 0.25) is 15.9 Å². The van der Waals surface area contributed by atoms with Gasteiger partial charge in [0, 0.05) is 39.8 Å². The van der Waals surface area contributed by atoms with Crippen LogP contribution in [-0.4, -0.2) is 87.8 Å². The lowest BCUT2D eigenvalue weighted by Gasteiger charge is -2.36. The summed E-state index contributed by atoms with van der Waals surface area (Å²) in [7, 11) is -2.33. The van der Waals surface area contributed by atoms with Crippen LogP contribution in [0.15, 0.2) is 0 Å². The number of rotatable bonds is 7. The Labute approximate surface area is 146 Å². The fourth-order valence-electron chi connectivity index (χ4n) is 2.23. The normalized spacial score (nSPS) is 18.1. The number of likely N-dealkylation sites (N-methyl/N-ethyl adjacent to an activating group) is 1. The molecule has 0 bridgehead atoms.